The largest absolute Gasteiger partial charge is 0.478 e. The molecule has 2 aromatic rings. The second kappa shape index (κ2) is 5.27. The molecule has 0 unspecified atom stereocenters. The lowest BCUT2D eigenvalue weighted by Crippen LogP contribution is -2.01. The molecular weight excluding hydrogens is 236 g/mol. The molecule has 0 bridgehead atoms. The van der Waals surface area contributed by atoms with Gasteiger partial charge in [0.1, 0.15) is 0 Å². The first-order valence-corrected chi connectivity index (χ1v) is 5.80. The number of para-hydroxylation sites is 1. The van der Waals surface area contributed by atoms with Crippen LogP contribution in [0.5, 0.6) is 0 Å². The SMILES string of the molecule is O=C(O)c1ccccc1NN=Cc1cccs1. The molecule has 1 aromatic heterocycles. The van der Waals surface area contributed by atoms with E-state index in [1.807, 2.05) is 17.5 Å². The Kier molecular flexibility index (Phi) is 3.52. The second-order valence-corrected chi connectivity index (χ2v) is 4.22. The number of carboxylic acid groups (broad SMARTS) is 1. The van der Waals surface area contributed by atoms with E-state index >= 15 is 0 Å². The summed E-state index contributed by atoms with van der Waals surface area (Å²) in [6, 6.07) is 10.5. The lowest BCUT2D eigenvalue weighted by atomic mass is 10.2. The van der Waals surface area contributed by atoms with Crippen LogP contribution < -0.4 is 5.43 Å². The molecule has 0 fully saturated rings. The van der Waals surface area contributed by atoms with Crippen LogP contribution >= 0.6 is 11.3 Å². The van der Waals surface area contributed by atoms with Crippen molar-refractivity contribution in [1.82, 2.24) is 0 Å². The zero-order valence-electron chi connectivity index (χ0n) is 8.83. The molecule has 0 atom stereocenters. The quantitative estimate of drug-likeness (QED) is 0.644. The number of aromatic carboxylic acids is 1. The number of carboxylic acids is 1. The molecule has 0 aliphatic heterocycles. The van der Waals surface area contributed by atoms with Crippen molar-refractivity contribution in [3.05, 3.63) is 52.2 Å². The summed E-state index contributed by atoms with van der Waals surface area (Å²) in [6.45, 7) is 0. The van der Waals surface area contributed by atoms with Gasteiger partial charge < -0.3 is 5.11 Å². The number of hydrogen-bond acceptors (Lipinski definition) is 4. The summed E-state index contributed by atoms with van der Waals surface area (Å²) >= 11 is 1.56. The van der Waals surface area contributed by atoms with Crippen LogP contribution in [0, 0.1) is 0 Å². The second-order valence-electron chi connectivity index (χ2n) is 3.24. The fourth-order valence-corrected chi connectivity index (χ4v) is 1.88. The van der Waals surface area contributed by atoms with Crippen LogP contribution in [0.25, 0.3) is 0 Å². The van der Waals surface area contributed by atoms with Crippen LogP contribution in [-0.2, 0) is 0 Å². The first kappa shape index (κ1) is 11.3. The van der Waals surface area contributed by atoms with Gasteiger partial charge in [0.05, 0.1) is 17.5 Å². The fraction of sp³-hybridized carbons (Fsp3) is 0. The fourth-order valence-electron chi connectivity index (χ4n) is 1.30. The van der Waals surface area contributed by atoms with E-state index in [4.69, 9.17) is 5.11 Å². The molecule has 0 saturated heterocycles. The molecule has 0 aliphatic rings. The molecule has 4 nitrogen and oxygen atoms in total. The van der Waals surface area contributed by atoms with Gasteiger partial charge in [0.2, 0.25) is 0 Å². The summed E-state index contributed by atoms with van der Waals surface area (Å²) in [4.78, 5) is 11.9. The van der Waals surface area contributed by atoms with Crippen molar-refractivity contribution in [2.45, 2.75) is 0 Å². The van der Waals surface area contributed by atoms with Gasteiger partial charge >= 0.3 is 5.97 Å². The first-order valence-electron chi connectivity index (χ1n) is 4.92. The van der Waals surface area contributed by atoms with E-state index in [1.165, 1.54) is 6.07 Å². The number of benzene rings is 1. The van der Waals surface area contributed by atoms with Crippen LogP contribution in [0.4, 0.5) is 5.69 Å². The highest BCUT2D eigenvalue weighted by molar-refractivity contribution is 7.11. The maximum absolute atomic E-state index is 10.9. The van der Waals surface area contributed by atoms with Gasteiger partial charge in [0.25, 0.3) is 0 Å². The van der Waals surface area contributed by atoms with Gasteiger partial charge in [-0.15, -0.1) is 11.3 Å². The third-order valence-corrected chi connectivity index (χ3v) is 2.88. The van der Waals surface area contributed by atoms with Gasteiger partial charge in [-0.3, -0.25) is 5.43 Å². The predicted molar refractivity (Wildman–Crippen MR) is 68.9 cm³/mol. The highest BCUT2D eigenvalue weighted by atomic mass is 32.1. The Morgan fingerprint density at radius 3 is 2.82 bits per heavy atom. The van der Waals surface area contributed by atoms with Crippen molar-refractivity contribution in [2.75, 3.05) is 5.43 Å². The van der Waals surface area contributed by atoms with Crippen molar-refractivity contribution in [3.8, 4) is 0 Å². The Morgan fingerprint density at radius 2 is 2.12 bits per heavy atom. The third-order valence-electron chi connectivity index (χ3n) is 2.08. The summed E-state index contributed by atoms with van der Waals surface area (Å²) in [5.74, 6) is -0.973. The number of carbonyl (C=O) groups is 1. The van der Waals surface area contributed by atoms with Crippen molar-refractivity contribution in [3.63, 3.8) is 0 Å². The summed E-state index contributed by atoms with van der Waals surface area (Å²) in [5.41, 5.74) is 3.41. The Balaban J connectivity index is 2.11. The van der Waals surface area contributed by atoms with E-state index in [1.54, 1.807) is 35.8 Å². The average molecular weight is 246 g/mol. The van der Waals surface area contributed by atoms with Crippen LogP contribution in [0.1, 0.15) is 15.2 Å². The van der Waals surface area contributed by atoms with Crippen molar-refractivity contribution >= 4 is 29.2 Å². The molecule has 5 heteroatoms. The summed E-state index contributed by atoms with van der Waals surface area (Å²) in [5, 5.41) is 14.9. The predicted octanol–water partition coefficient (Wildman–Crippen LogP) is 2.89. The summed E-state index contributed by atoms with van der Waals surface area (Å²) in [6.07, 6.45) is 1.66. The number of anilines is 1. The lowest BCUT2D eigenvalue weighted by Gasteiger charge is -2.03. The molecule has 17 heavy (non-hydrogen) atoms. The number of nitrogens with zero attached hydrogens (tertiary/aromatic N) is 1. The maximum atomic E-state index is 10.9. The Bertz CT molecular complexity index is 535. The van der Waals surface area contributed by atoms with E-state index in [2.05, 4.69) is 10.5 Å². The van der Waals surface area contributed by atoms with Crippen molar-refractivity contribution in [2.24, 2.45) is 5.10 Å². The van der Waals surface area contributed by atoms with E-state index in [-0.39, 0.29) is 5.56 Å². The monoisotopic (exact) mass is 246 g/mol. The molecule has 2 rings (SSSR count). The number of thiophene rings is 1. The zero-order chi connectivity index (χ0) is 12.1. The first-order chi connectivity index (χ1) is 8.27. The molecule has 0 spiro atoms. The topological polar surface area (TPSA) is 61.7 Å². The van der Waals surface area contributed by atoms with Crippen molar-refractivity contribution in [1.29, 1.82) is 0 Å². The van der Waals surface area contributed by atoms with Gasteiger partial charge in [-0.2, -0.15) is 5.10 Å². The maximum Gasteiger partial charge on any atom is 0.337 e. The number of nitrogens with one attached hydrogen (secondary N) is 1. The summed E-state index contributed by atoms with van der Waals surface area (Å²) < 4.78 is 0. The van der Waals surface area contributed by atoms with Crippen LogP contribution in [-0.4, -0.2) is 17.3 Å². The lowest BCUT2D eigenvalue weighted by molar-refractivity contribution is 0.0698. The van der Waals surface area contributed by atoms with E-state index in [9.17, 15) is 4.79 Å². The van der Waals surface area contributed by atoms with Gasteiger partial charge in [0, 0.05) is 4.88 Å². The number of rotatable bonds is 4. The molecule has 1 heterocycles. The van der Waals surface area contributed by atoms with E-state index < -0.39 is 5.97 Å². The number of hydrazone groups is 1. The molecule has 1 aromatic carbocycles. The minimum absolute atomic E-state index is 0.204. The standard InChI is InChI=1S/C12H10N2O2S/c15-12(16)10-5-1-2-6-11(10)14-13-8-9-4-3-7-17-9/h1-8,14H,(H,15,16). The van der Waals surface area contributed by atoms with Gasteiger partial charge in [0.15, 0.2) is 0 Å². The highest BCUT2D eigenvalue weighted by Gasteiger charge is 2.07. The Hall–Kier alpha value is -2.14. The Labute approximate surface area is 102 Å². The van der Waals surface area contributed by atoms with Crippen LogP contribution in [0.2, 0.25) is 0 Å². The van der Waals surface area contributed by atoms with Crippen LogP contribution in [0.15, 0.2) is 46.9 Å². The van der Waals surface area contributed by atoms with Crippen molar-refractivity contribution < 1.29 is 9.90 Å². The Morgan fingerprint density at radius 1 is 1.29 bits per heavy atom. The molecule has 2 N–H and O–H groups in total. The molecule has 0 saturated carbocycles. The smallest absolute Gasteiger partial charge is 0.337 e. The minimum atomic E-state index is -0.973. The molecular formula is C12H10N2O2S. The normalized spacial score (nSPS) is 10.6. The number of hydrogen-bond donors (Lipinski definition) is 2. The van der Waals surface area contributed by atoms with Gasteiger partial charge in [-0.1, -0.05) is 18.2 Å². The van der Waals surface area contributed by atoms with Gasteiger partial charge in [-0.05, 0) is 23.6 Å². The average Bonchev–Trinajstić information content (AvgIpc) is 2.82. The zero-order valence-corrected chi connectivity index (χ0v) is 9.65. The molecule has 0 amide bonds. The summed E-state index contributed by atoms with van der Waals surface area (Å²) in [7, 11) is 0. The van der Waals surface area contributed by atoms with E-state index in [0.717, 1.165) is 4.88 Å². The molecule has 86 valence electrons. The highest BCUT2D eigenvalue weighted by Crippen LogP contribution is 2.14. The minimum Gasteiger partial charge on any atom is -0.478 e. The van der Waals surface area contributed by atoms with Crippen LogP contribution in [0.3, 0.4) is 0 Å². The third kappa shape index (κ3) is 2.92. The van der Waals surface area contributed by atoms with Gasteiger partial charge in [-0.25, -0.2) is 4.79 Å². The molecule has 0 radical (unpaired) electrons. The van der Waals surface area contributed by atoms with E-state index in [0.29, 0.717) is 5.69 Å². The molecule has 0 aliphatic carbocycles.